The van der Waals surface area contributed by atoms with Crippen LogP contribution in [0.25, 0.3) is 0 Å². The smallest absolute Gasteiger partial charge is 0.251 e. The molecule has 3 aromatic rings. The molecule has 19 heteroatoms. The highest BCUT2D eigenvalue weighted by atomic mass is 16.5. The van der Waals surface area contributed by atoms with Crippen molar-refractivity contribution in [2.24, 2.45) is 11.8 Å². The highest BCUT2D eigenvalue weighted by molar-refractivity contribution is 6.01. The van der Waals surface area contributed by atoms with Crippen LogP contribution in [0.1, 0.15) is 125 Å². The van der Waals surface area contributed by atoms with Crippen molar-refractivity contribution in [2.45, 2.75) is 141 Å². The van der Waals surface area contributed by atoms with Crippen LogP contribution in [0.3, 0.4) is 0 Å². The van der Waals surface area contributed by atoms with E-state index in [0.717, 1.165) is 11.1 Å². The van der Waals surface area contributed by atoms with Crippen LogP contribution < -0.4 is 47.3 Å². The number of methoxy groups -OCH3 is 1. The van der Waals surface area contributed by atoms with E-state index in [-0.39, 0.29) is 66.5 Å². The molecule has 2 fully saturated rings. The minimum Gasteiger partial charge on any atom is -0.497 e. The van der Waals surface area contributed by atoms with Gasteiger partial charge in [0.15, 0.2) is 0 Å². The van der Waals surface area contributed by atoms with Gasteiger partial charge in [-0.15, -0.1) is 0 Å². The van der Waals surface area contributed by atoms with Crippen LogP contribution in [0.2, 0.25) is 0 Å². The van der Waals surface area contributed by atoms with Crippen molar-refractivity contribution >= 4 is 47.3 Å². The number of hydrogen-bond acceptors (Lipinski definition) is 11. The molecule has 12 atom stereocenters. The van der Waals surface area contributed by atoms with Crippen LogP contribution in [-0.4, -0.2) is 140 Å². The van der Waals surface area contributed by atoms with Crippen molar-refractivity contribution in [3.63, 3.8) is 0 Å². The molecule has 0 spiro atoms. The molecular formula is C55H78N10O9. The molecule has 0 aromatic heterocycles. The Morgan fingerprint density at radius 1 is 0.554 bits per heavy atom. The zero-order chi connectivity index (χ0) is 54.4. The summed E-state index contributed by atoms with van der Waals surface area (Å²) in [5.41, 5.74) is 1.83. The van der Waals surface area contributed by atoms with Gasteiger partial charge in [0, 0.05) is 36.3 Å². The highest BCUT2D eigenvalue weighted by Gasteiger charge is 2.46. The third kappa shape index (κ3) is 14.7. The fourth-order valence-electron chi connectivity index (χ4n) is 9.19. The van der Waals surface area contributed by atoms with Crippen molar-refractivity contribution in [3.8, 4) is 5.75 Å². The Kier molecular flexibility index (Phi) is 21.1. The summed E-state index contributed by atoms with van der Waals surface area (Å²) in [4.78, 5) is 115. The van der Waals surface area contributed by atoms with Crippen molar-refractivity contribution < 1.29 is 43.1 Å². The van der Waals surface area contributed by atoms with Gasteiger partial charge < -0.3 is 57.1 Å². The Morgan fingerprint density at radius 2 is 0.919 bits per heavy atom. The Balaban J connectivity index is 1.39. The van der Waals surface area contributed by atoms with Gasteiger partial charge in [-0.2, -0.15) is 0 Å². The van der Waals surface area contributed by atoms with Crippen LogP contribution in [0.4, 0.5) is 0 Å². The van der Waals surface area contributed by atoms with E-state index in [1.165, 1.54) is 35.1 Å². The van der Waals surface area contributed by atoms with Gasteiger partial charge in [-0.05, 0) is 95.8 Å². The number of carbonyl (C=O) groups excluding carboxylic acids is 8. The van der Waals surface area contributed by atoms with E-state index in [9.17, 15) is 38.4 Å². The second-order valence-corrected chi connectivity index (χ2v) is 19.8. The minimum atomic E-state index is -1.00. The lowest BCUT2D eigenvalue weighted by Crippen LogP contribution is -2.57. The molecule has 8 amide bonds. The maximum Gasteiger partial charge on any atom is 0.251 e. The number of hydrogen-bond donors (Lipinski definition) is 8. The van der Waals surface area contributed by atoms with E-state index in [1.54, 1.807) is 27.9 Å². The molecule has 0 bridgehead atoms. The second-order valence-electron chi connectivity index (χ2n) is 19.8. The first-order chi connectivity index (χ1) is 35.2. The van der Waals surface area contributed by atoms with E-state index < -0.39 is 95.9 Å². The molecule has 19 nitrogen and oxygen atoms in total. The van der Waals surface area contributed by atoms with E-state index >= 15 is 0 Å². The lowest BCUT2D eigenvalue weighted by Gasteiger charge is -2.32. The zero-order valence-electron chi connectivity index (χ0n) is 44.7. The maximum absolute atomic E-state index is 14.6. The fraction of sp³-hybridized carbons (Fsp3) is 0.527. The van der Waals surface area contributed by atoms with Crippen LogP contribution in [0.5, 0.6) is 5.75 Å². The van der Waals surface area contributed by atoms with Gasteiger partial charge in [0.1, 0.15) is 29.9 Å². The summed E-state index contributed by atoms with van der Waals surface area (Å²) in [5.74, 6) is -4.11. The number of nitrogens with zero attached hydrogens (tertiary/aromatic N) is 2. The normalized spacial score (nSPS) is 20.6. The summed E-state index contributed by atoms with van der Waals surface area (Å²) in [5, 5.41) is 23.6. The predicted octanol–water partition coefficient (Wildman–Crippen LogP) is 3.13. The molecule has 2 heterocycles. The molecule has 74 heavy (non-hydrogen) atoms. The number of rotatable bonds is 23. The number of amides is 8. The summed E-state index contributed by atoms with van der Waals surface area (Å²) in [7, 11) is 4.68. The average molecular weight is 1020 g/mol. The minimum absolute atomic E-state index is 0.0457. The van der Waals surface area contributed by atoms with Crippen LogP contribution in [0.15, 0.2) is 78.9 Å². The Labute approximate surface area is 435 Å². The third-order valence-corrected chi connectivity index (χ3v) is 14.6. The monoisotopic (exact) mass is 1020 g/mol. The zero-order valence-corrected chi connectivity index (χ0v) is 44.7. The Bertz CT molecular complexity index is 2280. The SMILES string of the molecule is CC[C@H](C)C(NC(=O)[C@H](C)NC)C(=O)N1C[C@@H](NC(=O)c2cc(OC)cc(C(=O)N[C@H]3C[C@@H](C(=O)N[C@H](C)c4ccccc4)N(C(=O)C(NC(=O)[C@H](C)NC)[C@@H](C)CC)C3)c2)C[C@H]1C(=O)NC(C)c1ccccc1. The number of carbonyl (C=O) groups is 8. The average Bonchev–Trinajstić information content (AvgIpc) is 4.05. The molecule has 0 aliphatic carbocycles. The number of likely N-dealkylation sites (N-methyl/N-ethyl adjacent to an activating group) is 2. The van der Waals surface area contributed by atoms with Gasteiger partial charge in [0.25, 0.3) is 11.8 Å². The third-order valence-electron chi connectivity index (χ3n) is 14.6. The lowest BCUT2D eigenvalue weighted by molar-refractivity contribution is -0.143. The Hall–Kier alpha value is -6.86. The number of likely N-dealkylation sites (tertiary alicyclic amines) is 2. The highest BCUT2D eigenvalue weighted by Crippen LogP contribution is 2.27. The van der Waals surface area contributed by atoms with Gasteiger partial charge in [-0.1, -0.05) is 101 Å². The van der Waals surface area contributed by atoms with E-state index in [1.807, 2.05) is 102 Å². The number of benzene rings is 3. The van der Waals surface area contributed by atoms with Gasteiger partial charge >= 0.3 is 0 Å². The van der Waals surface area contributed by atoms with E-state index in [0.29, 0.717) is 12.8 Å². The van der Waals surface area contributed by atoms with Gasteiger partial charge in [0.05, 0.1) is 31.3 Å². The Morgan fingerprint density at radius 3 is 1.24 bits per heavy atom. The second kappa shape index (κ2) is 26.9. The molecular weight excluding hydrogens is 945 g/mol. The first-order valence-corrected chi connectivity index (χ1v) is 25.8. The van der Waals surface area contributed by atoms with Crippen molar-refractivity contribution in [1.82, 2.24) is 52.3 Å². The summed E-state index contributed by atoms with van der Waals surface area (Å²) in [6.45, 7) is 14.5. The van der Waals surface area contributed by atoms with E-state index in [2.05, 4.69) is 42.5 Å². The van der Waals surface area contributed by atoms with Crippen molar-refractivity contribution in [3.05, 3.63) is 101 Å². The predicted molar refractivity (Wildman–Crippen MR) is 282 cm³/mol. The molecule has 2 saturated heterocycles. The first-order valence-electron chi connectivity index (χ1n) is 25.8. The molecule has 5 rings (SSSR count). The number of ether oxygens (including phenoxy) is 1. The van der Waals surface area contributed by atoms with Crippen molar-refractivity contribution in [1.29, 1.82) is 0 Å². The van der Waals surface area contributed by atoms with Crippen LogP contribution >= 0.6 is 0 Å². The summed E-state index contributed by atoms with van der Waals surface area (Å²) < 4.78 is 5.56. The molecule has 2 aliphatic heterocycles. The first kappa shape index (κ1) is 58.0. The van der Waals surface area contributed by atoms with E-state index in [4.69, 9.17) is 4.74 Å². The summed E-state index contributed by atoms with van der Waals surface area (Å²) >= 11 is 0. The number of nitrogens with one attached hydrogen (secondary N) is 8. The molecule has 0 radical (unpaired) electrons. The standard InChI is InChI=1S/C55H78N10O9/c1-12-31(3)46(62-48(66)35(7)56-9)54(72)64-29-41(27-44(64)52(70)58-33(5)37-20-16-14-17-21-37)60-50(68)39-24-40(26-43(25-39)74-11)51(69)61-42-28-45(53(71)59-34(6)38-22-18-15-19-23-38)65(30-42)55(73)47(32(4)13-2)63-49(67)36(8)57-10/h14-26,31-36,41-42,44-47,56-57H,12-13,27-30H2,1-11H3,(H,58,70)(H,59,71)(H,60,68)(H,61,69)(H,62,66)(H,63,67)/t31-,32-,33+,34?,35-,36-,41-,42-,44-,45-,46?,47?/m0/s1. The topological polar surface area (TPSA) is 249 Å². The lowest BCUT2D eigenvalue weighted by atomic mass is 9.97. The van der Waals surface area contributed by atoms with Crippen LogP contribution in [-0.2, 0) is 28.8 Å². The van der Waals surface area contributed by atoms with Crippen LogP contribution in [0, 0.1) is 11.8 Å². The fourth-order valence-corrected chi connectivity index (χ4v) is 9.19. The molecule has 0 saturated carbocycles. The molecule has 3 unspecified atom stereocenters. The maximum atomic E-state index is 14.6. The van der Waals surface area contributed by atoms with Gasteiger partial charge in [-0.25, -0.2) is 0 Å². The molecule has 3 aromatic carbocycles. The summed E-state index contributed by atoms with van der Waals surface area (Å²) in [6.07, 6.45) is 1.23. The van der Waals surface area contributed by atoms with Gasteiger partial charge in [-0.3, -0.25) is 38.4 Å². The molecule has 8 N–H and O–H groups in total. The molecule has 402 valence electrons. The summed E-state index contributed by atoms with van der Waals surface area (Å²) in [6, 6.07) is 15.7. The largest absolute Gasteiger partial charge is 0.497 e. The quantitative estimate of drug-likeness (QED) is 0.0686. The molecule has 2 aliphatic rings. The van der Waals surface area contributed by atoms with Gasteiger partial charge in [0.2, 0.25) is 35.4 Å². The van der Waals surface area contributed by atoms with Crippen molar-refractivity contribution in [2.75, 3.05) is 34.3 Å².